The van der Waals surface area contributed by atoms with Gasteiger partial charge in [0, 0.05) is 0 Å². The van der Waals surface area contributed by atoms with Gasteiger partial charge in [-0.25, -0.2) is 0 Å². The zero-order valence-corrected chi connectivity index (χ0v) is 31.8. The first-order valence-corrected chi connectivity index (χ1v) is 19.9. The lowest BCUT2D eigenvalue weighted by atomic mass is 9.41. The molecule has 11 N–H and O–H groups in total. The van der Waals surface area contributed by atoms with Gasteiger partial charge in [0.1, 0.15) is 73.2 Å². The number of carbonyl (C=O) groups excluding carboxylic acids is 1. The third-order valence-electron chi connectivity index (χ3n) is 15.0. The van der Waals surface area contributed by atoms with Crippen LogP contribution < -0.4 is 0 Å². The highest BCUT2D eigenvalue weighted by molar-refractivity contribution is 5.77. The first-order chi connectivity index (χ1) is 26.4. The molecule has 7 unspecified atom stereocenters. The lowest BCUT2D eigenvalue weighted by Gasteiger charge is -2.64. The molecule has 1 spiro atoms. The van der Waals surface area contributed by atoms with Gasteiger partial charge in [-0.3, -0.25) is 4.79 Å². The Bertz CT molecular complexity index is 1450. The molecule has 320 valence electrons. The van der Waals surface area contributed by atoms with Crippen molar-refractivity contribution in [2.75, 3.05) is 19.8 Å². The van der Waals surface area contributed by atoms with Crippen LogP contribution in [0.5, 0.6) is 0 Å². The normalized spacial score (nSPS) is 54.6. The molecule has 18 nitrogen and oxygen atoms in total. The molecule has 0 aromatic rings. The Morgan fingerprint density at radius 2 is 1.21 bits per heavy atom. The van der Waals surface area contributed by atoms with Crippen LogP contribution in [0.3, 0.4) is 0 Å². The number of hydrogen-bond acceptors (Lipinski definition) is 18. The molecule has 3 saturated heterocycles. The average molecular weight is 805 g/mol. The van der Waals surface area contributed by atoms with Gasteiger partial charge in [0.05, 0.1) is 30.8 Å². The van der Waals surface area contributed by atoms with Gasteiger partial charge < -0.3 is 84.6 Å². The first-order valence-electron chi connectivity index (χ1n) is 19.9. The van der Waals surface area contributed by atoms with E-state index in [0.717, 1.165) is 18.4 Å². The molecule has 56 heavy (non-hydrogen) atoms. The SMILES string of the molecule is C=C1C[C@@]23CC[C@@H]4[C@](C)(C(=O)O[C@@H]5OC(CO)[C@@H](O)[C@H](O)C5O)CCC[C@@]4(C)C2CC[C@]1(O[C@@H]1O[C@H](CO)C(O)C(O)[C@H]1O[C@@H]1O[C@@H](CO)[C@@H](O)C(O)C1O)C3. The van der Waals surface area contributed by atoms with Gasteiger partial charge in [-0.2, -0.15) is 0 Å². The number of esters is 1. The summed E-state index contributed by atoms with van der Waals surface area (Å²) < 4.78 is 35.6. The average Bonchev–Trinajstić information content (AvgIpc) is 3.37. The van der Waals surface area contributed by atoms with Crippen molar-refractivity contribution in [3.8, 4) is 0 Å². The molecule has 3 heterocycles. The van der Waals surface area contributed by atoms with Crippen LogP contribution in [-0.2, 0) is 33.2 Å². The van der Waals surface area contributed by atoms with E-state index in [1.165, 1.54) is 0 Å². The minimum absolute atomic E-state index is 0.121. The van der Waals surface area contributed by atoms with Crippen LogP contribution in [0.25, 0.3) is 0 Å². The van der Waals surface area contributed by atoms with E-state index in [1.807, 2.05) is 6.92 Å². The van der Waals surface area contributed by atoms with Crippen molar-refractivity contribution in [1.82, 2.24) is 0 Å². The van der Waals surface area contributed by atoms with Crippen molar-refractivity contribution in [2.45, 2.75) is 169 Å². The van der Waals surface area contributed by atoms with E-state index < -0.39 is 129 Å². The molecule has 21 atom stereocenters. The van der Waals surface area contributed by atoms with Gasteiger partial charge in [-0.15, -0.1) is 0 Å². The highest BCUT2D eigenvalue weighted by Crippen LogP contribution is 2.73. The fraction of sp³-hybridized carbons (Fsp3) is 0.921. The van der Waals surface area contributed by atoms with E-state index in [4.69, 9.17) is 28.4 Å². The number of ether oxygens (including phenoxy) is 6. The van der Waals surface area contributed by atoms with Crippen molar-refractivity contribution in [1.29, 1.82) is 0 Å². The molecule has 2 bridgehead atoms. The number of aliphatic hydroxyl groups excluding tert-OH is 11. The molecule has 3 aliphatic heterocycles. The van der Waals surface area contributed by atoms with E-state index in [2.05, 4.69) is 13.5 Å². The third kappa shape index (κ3) is 6.69. The van der Waals surface area contributed by atoms with E-state index >= 15 is 0 Å². The van der Waals surface area contributed by atoms with Gasteiger partial charge >= 0.3 is 5.97 Å². The number of aliphatic hydroxyl groups is 11. The molecule has 4 aliphatic carbocycles. The molecule has 0 aromatic heterocycles. The fourth-order valence-corrected chi connectivity index (χ4v) is 12.0. The number of fused-ring (bicyclic) bond motifs is 3. The smallest absolute Gasteiger partial charge is 0.314 e. The second-order valence-corrected chi connectivity index (χ2v) is 18.0. The van der Waals surface area contributed by atoms with Crippen molar-refractivity contribution >= 4 is 5.97 Å². The minimum atomic E-state index is -1.81. The quantitative estimate of drug-likeness (QED) is 0.0631. The van der Waals surface area contributed by atoms with Crippen molar-refractivity contribution < 1.29 is 89.4 Å². The van der Waals surface area contributed by atoms with Gasteiger partial charge in [0.2, 0.25) is 6.29 Å². The number of carbonyl (C=O) groups is 1. The zero-order chi connectivity index (χ0) is 40.7. The molecule has 4 saturated carbocycles. The van der Waals surface area contributed by atoms with Crippen molar-refractivity contribution in [2.24, 2.45) is 28.1 Å². The Hall–Kier alpha value is -1.43. The Labute approximate surface area is 324 Å². The summed E-state index contributed by atoms with van der Waals surface area (Å²) in [6.45, 7) is 6.52. The summed E-state index contributed by atoms with van der Waals surface area (Å²) in [6.07, 6.45) is -17.8. The maximum atomic E-state index is 14.1. The van der Waals surface area contributed by atoms with Crippen molar-refractivity contribution in [3.63, 3.8) is 0 Å². The Kier molecular flexibility index (Phi) is 11.9. The second-order valence-electron chi connectivity index (χ2n) is 18.0. The topological polar surface area (TPSA) is 295 Å². The molecule has 0 aromatic carbocycles. The Morgan fingerprint density at radius 1 is 0.679 bits per heavy atom. The molecule has 0 radical (unpaired) electrons. The molecular weight excluding hydrogens is 744 g/mol. The zero-order valence-electron chi connectivity index (χ0n) is 31.8. The summed E-state index contributed by atoms with van der Waals surface area (Å²) >= 11 is 0. The van der Waals surface area contributed by atoms with Crippen LogP contribution in [0.4, 0.5) is 0 Å². The summed E-state index contributed by atoms with van der Waals surface area (Å²) in [6, 6.07) is 0. The molecule has 0 amide bonds. The van der Waals surface area contributed by atoms with E-state index in [9.17, 15) is 61.0 Å². The Balaban J connectivity index is 1.10. The highest BCUT2D eigenvalue weighted by atomic mass is 16.8. The maximum Gasteiger partial charge on any atom is 0.314 e. The van der Waals surface area contributed by atoms with Crippen LogP contribution in [0, 0.1) is 28.1 Å². The summed E-state index contributed by atoms with van der Waals surface area (Å²) in [5.41, 5.74) is -1.80. The number of hydrogen-bond donors (Lipinski definition) is 11. The highest BCUT2D eigenvalue weighted by Gasteiger charge is 2.69. The lowest BCUT2D eigenvalue weighted by Crippen LogP contribution is -2.65. The van der Waals surface area contributed by atoms with E-state index in [-0.39, 0.29) is 22.7 Å². The predicted octanol–water partition coefficient (Wildman–Crippen LogP) is -2.94. The molecule has 7 rings (SSSR count). The maximum absolute atomic E-state index is 14.1. The molecule has 7 aliphatic rings. The van der Waals surface area contributed by atoms with Crippen molar-refractivity contribution in [3.05, 3.63) is 12.2 Å². The van der Waals surface area contributed by atoms with Crippen LogP contribution in [0.2, 0.25) is 0 Å². The summed E-state index contributed by atoms with van der Waals surface area (Å²) in [5.74, 6) is -0.591. The predicted molar refractivity (Wildman–Crippen MR) is 186 cm³/mol. The van der Waals surface area contributed by atoms with Crippen LogP contribution >= 0.6 is 0 Å². The summed E-state index contributed by atoms with van der Waals surface area (Å²) in [4.78, 5) is 14.1. The van der Waals surface area contributed by atoms with E-state index in [0.29, 0.717) is 44.9 Å². The van der Waals surface area contributed by atoms with Gasteiger partial charge in [-0.05, 0) is 86.5 Å². The Morgan fingerprint density at radius 3 is 1.82 bits per heavy atom. The van der Waals surface area contributed by atoms with Gasteiger partial charge in [0.25, 0.3) is 0 Å². The fourth-order valence-electron chi connectivity index (χ4n) is 12.0. The standard InChI is InChI=1S/C38H60O18/c1-16-11-37-9-5-20-35(2,7-4-8-36(20,3)34(50)55-32-29(49)26(46)23(43)18(13-40)52-32)21(37)6-10-38(16,15-37)56-33-30(27(47)24(44)19(14-41)53-33)54-31-28(48)25(45)22(42)17(12-39)51-31/h17-33,39-49H,1,4-15H2,2-3H3/t17-,18?,19+,20-,21?,22+,23+,24?,25?,26-,27?,28?,29?,30+,31-,32-,33-,35+,36+,37+,38-/m0/s1. The largest absolute Gasteiger partial charge is 0.432 e. The van der Waals surface area contributed by atoms with Crippen LogP contribution in [0.1, 0.15) is 71.6 Å². The molecule has 18 heteroatoms. The van der Waals surface area contributed by atoms with E-state index in [1.54, 1.807) is 0 Å². The summed E-state index contributed by atoms with van der Waals surface area (Å²) in [7, 11) is 0. The van der Waals surface area contributed by atoms with Gasteiger partial charge in [-0.1, -0.05) is 19.9 Å². The third-order valence-corrected chi connectivity index (χ3v) is 15.0. The lowest BCUT2D eigenvalue weighted by molar-refractivity contribution is -0.378. The summed E-state index contributed by atoms with van der Waals surface area (Å²) in [5, 5.41) is 114. The first kappa shape index (κ1) is 42.7. The van der Waals surface area contributed by atoms with Gasteiger partial charge in [0.15, 0.2) is 12.6 Å². The minimum Gasteiger partial charge on any atom is -0.432 e. The van der Waals surface area contributed by atoms with Crippen LogP contribution in [0.15, 0.2) is 12.2 Å². The molecule has 7 fully saturated rings. The molecular formula is C38H60O18. The monoisotopic (exact) mass is 804 g/mol. The number of rotatable bonds is 9. The van der Waals surface area contributed by atoms with Crippen LogP contribution in [-0.4, -0.2) is 180 Å². The second kappa shape index (κ2) is 15.6.